The van der Waals surface area contributed by atoms with Gasteiger partial charge in [-0.25, -0.2) is 0 Å². The maximum absolute atomic E-state index is 12.6. The van der Waals surface area contributed by atoms with Gasteiger partial charge in [0.2, 0.25) is 0 Å². The van der Waals surface area contributed by atoms with Crippen LogP contribution in [0.1, 0.15) is 17.5 Å². The van der Waals surface area contributed by atoms with E-state index in [0.717, 1.165) is 51.6 Å². The van der Waals surface area contributed by atoms with Gasteiger partial charge in [-0.15, -0.1) is 0 Å². The quantitative estimate of drug-likeness (QED) is 0.797. The molecule has 144 valence electrons. The van der Waals surface area contributed by atoms with Crippen LogP contribution in [-0.4, -0.2) is 81.0 Å². The summed E-state index contributed by atoms with van der Waals surface area (Å²) in [5.41, 5.74) is 2.39. The average Bonchev–Trinajstić information content (AvgIpc) is 2.89. The fourth-order valence-corrected chi connectivity index (χ4v) is 3.34. The lowest BCUT2D eigenvalue weighted by molar-refractivity contribution is -0.134. The van der Waals surface area contributed by atoms with Crippen LogP contribution < -0.4 is 4.74 Å². The number of carbonyl (C=O) groups is 1. The number of nitrogens with zero attached hydrogens (tertiary/aromatic N) is 2. The van der Waals surface area contributed by atoms with E-state index in [0.29, 0.717) is 13.2 Å². The van der Waals surface area contributed by atoms with Gasteiger partial charge in [0.05, 0.1) is 19.3 Å². The molecule has 6 nitrogen and oxygen atoms in total. The molecule has 2 heterocycles. The maximum atomic E-state index is 12.6. The molecule has 0 aliphatic carbocycles. The topological polar surface area (TPSA) is 51.2 Å². The number of carbonyl (C=O) groups excluding carboxylic acids is 1. The third-order valence-corrected chi connectivity index (χ3v) is 5.11. The van der Waals surface area contributed by atoms with Crippen LogP contribution >= 0.6 is 0 Å². The van der Waals surface area contributed by atoms with Gasteiger partial charge in [0.1, 0.15) is 5.75 Å². The highest BCUT2D eigenvalue weighted by molar-refractivity contribution is 5.77. The summed E-state index contributed by atoms with van der Waals surface area (Å²) in [6, 6.07) is 5.92. The Hall–Kier alpha value is -1.63. The molecule has 0 bridgehead atoms. The lowest BCUT2D eigenvalue weighted by Crippen LogP contribution is -2.46. The summed E-state index contributed by atoms with van der Waals surface area (Å²) in [7, 11) is 0. The summed E-state index contributed by atoms with van der Waals surface area (Å²) < 4.78 is 17.1. The molecule has 1 aromatic rings. The number of rotatable bonds is 5. The predicted octanol–water partition coefficient (Wildman–Crippen LogP) is 1.63. The molecule has 6 heteroatoms. The van der Waals surface area contributed by atoms with E-state index in [1.54, 1.807) is 0 Å². The van der Waals surface area contributed by atoms with Crippen LogP contribution in [0.3, 0.4) is 0 Å². The predicted molar refractivity (Wildman–Crippen MR) is 99.6 cm³/mol. The van der Waals surface area contributed by atoms with Crippen molar-refractivity contribution in [3.8, 4) is 5.75 Å². The van der Waals surface area contributed by atoms with E-state index in [1.807, 2.05) is 30.0 Å². The summed E-state index contributed by atoms with van der Waals surface area (Å²) in [4.78, 5) is 16.9. The van der Waals surface area contributed by atoms with Crippen molar-refractivity contribution in [3.05, 3.63) is 29.3 Å². The smallest absolute Gasteiger partial charge is 0.260 e. The van der Waals surface area contributed by atoms with Crippen molar-refractivity contribution in [2.24, 2.45) is 0 Å². The standard InChI is InChI=1S/C20H30N2O4/c1-16-4-5-18(12-17(16)2)26-15-20(23)22-6-3-9-25-19(14-22)13-21-7-10-24-11-8-21/h4-5,12,19H,3,6-11,13-15H2,1-2H3/t19-/m1/s1. The second-order valence-electron chi connectivity index (χ2n) is 7.13. The van der Waals surface area contributed by atoms with E-state index in [-0.39, 0.29) is 18.6 Å². The number of hydrogen-bond acceptors (Lipinski definition) is 5. The molecule has 26 heavy (non-hydrogen) atoms. The largest absolute Gasteiger partial charge is 0.484 e. The Kier molecular flexibility index (Phi) is 6.88. The first-order chi connectivity index (χ1) is 12.6. The highest BCUT2D eigenvalue weighted by Gasteiger charge is 2.25. The van der Waals surface area contributed by atoms with Gasteiger partial charge in [0, 0.05) is 39.3 Å². The van der Waals surface area contributed by atoms with Gasteiger partial charge in [-0.2, -0.15) is 0 Å². The minimum absolute atomic E-state index is 0.0284. The van der Waals surface area contributed by atoms with E-state index in [9.17, 15) is 4.79 Å². The Balaban J connectivity index is 1.50. The molecule has 1 aromatic carbocycles. The molecular formula is C20H30N2O4. The van der Waals surface area contributed by atoms with Crippen molar-refractivity contribution >= 4 is 5.91 Å². The molecule has 0 saturated carbocycles. The zero-order valence-corrected chi connectivity index (χ0v) is 15.9. The van der Waals surface area contributed by atoms with E-state index in [2.05, 4.69) is 11.8 Å². The monoisotopic (exact) mass is 362 g/mol. The van der Waals surface area contributed by atoms with Gasteiger partial charge in [-0.3, -0.25) is 9.69 Å². The molecule has 1 amide bonds. The molecule has 0 radical (unpaired) electrons. The molecule has 2 saturated heterocycles. The van der Waals surface area contributed by atoms with Gasteiger partial charge in [0.25, 0.3) is 5.91 Å². The zero-order chi connectivity index (χ0) is 18.4. The minimum atomic E-state index is 0.0284. The Labute approximate surface area is 156 Å². The molecule has 3 rings (SSSR count). The number of amides is 1. The number of benzene rings is 1. The summed E-state index contributed by atoms with van der Waals surface area (Å²) >= 11 is 0. The van der Waals surface area contributed by atoms with Crippen LogP contribution in [-0.2, 0) is 14.3 Å². The normalized spacial score (nSPS) is 22.1. The lowest BCUT2D eigenvalue weighted by atomic mass is 10.1. The van der Waals surface area contributed by atoms with E-state index < -0.39 is 0 Å². The molecule has 2 aliphatic heterocycles. The highest BCUT2D eigenvalue weighted by Crippen LogP contribution is 2.17. The summed E-state index contributed by atoms with van der Waals surface area (Å²) in [6.07, 6.45) is 0.927. The van der Waals surface area contributed by atoms with Crippen LogP contribution in [0.25, 0.3) is 0 Å². The lowest BCUT2D eigenvalue weighted by Gasteiger charge is -2.31. The van der Waals surface area contributed by atoms with Crippen molar-refractivity contribution in [1.29, 1.82) is 0 Å². The van der Waals surface area contributed by atoms with Gasteiger partial charge in [-0.1, -0.05) is 6.07 Å². The maximum Gasteiger partial charge on any atom is 0.260 e. The van der Waals surface area contributed by atoms with Gasteiger partial charge in [-0.05, 0) is 43.5 Å². The molecule has 2 aliphatic rings. The molecule has 0 aromatic heterocycles. The Bertz CT molecular complexity index is 601. The van der Waals surface area contributed by atoms with Crippen LogP contribution in [0.4, 0.5) is 0 Å². The first kappa shape index (κ1) is 19.1. The molecule has 0 N–H and O–H groups in total. The zero-order valence-electron chi connectivity index (χ0n) is 15.9. The Morgan fingerprint density at radius 3 is 2.73 bits per heavy atom. The van der Waals surface area contributed by atoms with E-state index in [4.69, 9.17) is 14.2 Å². The Morgan fingerprint density at radius 1 is 1.15 bits per heavy atom. The van der Waals surface area contributed by atoms with Gasteiger partial charge < -0.3 is 19.1 Å². The Morgan fingerprint density at radius 2 is 1.96 bits per heavy atom. The van der Waals surface area contributed by atoms with Gasteiger partial charge >= 0.3 is 0 Å². The van der Waals surface area contributed by atoms with Crippen LogP contribution in [0.15, 0.2) is 18.2 Å². The number of morpholine rings is 1. The van der Waals surface area contributed by atoms with Gasteiger partial charge in [0.15, 0.2) is 6.61 Å². The summed E-state index contributed by atoms with van der Waals surface area (Å²) in [6.45, 7) is 10.5. The SMILES string of the molecule is Cc1ccc(OCC(=O)N2CCCO[C@H](CN3CCOCC3)C2)cc1C. The van der Waals surface area contributed by atoms with Crippen molar-refractivity contribution < 1.29 is 19.0 Å². The van der Waals surface area contributed by atoms with E-state index in [1.165, 1.54) is 11.1 Å². The fraction of sp³-hybridized carbons (Fsp3) is 0.650. The van der Waals surface area contributed by atoms with Crippen LogP contribution in [0, 0.1) is 13.8 Å². The molecule has 0 spiro atoms. The highest BCUT2D eigenvalue weighted by atomic mass is 16.5. The van der Waals surface area contributed by atoms with Crippen LogP contribution in [0.5, 0.6) is 5.75 Å². The second-order valence-corrected chi connectivity index (χ2v) is 7.13. The molecule has 0 unspecified atom stereocenters. The van der Waals surface area contributed by atoms with Crippen molar-refractivity contribution in [2.45, 2.75) is 26.4 Å². The third kappa shape index (κ3) is 5.43. The summed E-state index contributed by atoms with van der Waals surface area (Å²) in [5, 5.41) is 0. The number of hydrogen-bond donors (Lipinski definition) is 0. The number of ether oxygens (including phenoxy) is 3. The van der Waals surface area contributed by atoms with Crippen molar-refractivity contribution in [3.63, 3.8) is 0 Å². The summed E-state index contributed by atoms with van der Waals surface area (Å²) in [5.74, 6) is 0.776. The van der Waals surface area contributed by atoms with Crippen molar-refractivity contribution in [1.82, 2.24) is 9.80 Å². The van der Waals surface area contributed by atoms with E-state index >= 15 is 0 Å². The van der Waals surface area contributed by atoms with Crippen molar-refractivity contribution in [2.75, 3.05) is 59.2 Å². The third-order valence-electron chi connectivity index (χ3n) is 5.11. The second kappa shape index (κ2) is 9.35. The number of aryl methyl sites for hydroxylation is 2. The fourth-order valence-electron chi connectivity index (χ4n) is 3.34. The molecule has 2 fully saturated rings. The molecular weight excluding hydrogens is 332 g/mol. The average molecular weight is 362 g/mol. The first-order valence-electron chi connectivity index (χ1n) is 9.51. The minimum Gasteiger partial charge on any atom is -0.484 e. The molecule has 1 atom stereocenters. The van der Waals surface area contributed by atoms with Crippen LogP contribution in [0.2, 0.25) is 0 Å². The first-order valence-corrected chi connectivity index (χ1v) is 9.51.